The summed E-state index contributed by atoms with van der Waals surface area (Å²) in [6.07, 6.45) is 5.83. The molecule has 26 heavy (non-hydrogen) atoms. The second kappa shape index (κ2) is 6.81. The molecule has 3 fully saturated rings. The predicted octanol–water partition coefficient (Wildman–Crippen LogP) is 1.22. The summed E-state index contributed by atoms with van der Waals surface area (Å²) in [5, 5.41) is 12.7. The monoisotopic (exact) mass is 378 g/mol. The fraction of sp³-hybridized carbons (Fsp3) is 0.722. The average Bonchev–Trinajstić information content (AvgIpc) is 3.09. The van der Waals surface area contributed by atoms with Crippen LogP contribution >= 0.6 is 11.3 Å². The van der Waals surface area contributed by atoms with Crippen LogP contribution in [0.1, 0.15) is 49.0 Å². The van der Waals surface area contributed by atoms with Gasteiger partial charge in [-0.25, -0.2) is 4.98 Å². The number of nitrogens with two attached hydrogens (primary N) is 1. The maximum absolute atomic E-state index is 12.9. The minimum atomic E-state index is -0.519. The Hall–Kier alpha value is -1.67. The van der Waals surface area contributed by atoms with Gasteiger partial charge in [-0.15, -0.1) is 11.3 Å². The number of carbonyl (C=O) groups excluding carboxylic acids is 2. The van der Waals surface area contributed by atoms with E-state index in [0.717, 1.165) is 56.7 Å². The molecule has 142 valence electrons. The number of carbonyl (C=O) groups is 2. The van der Waals surface area contributed by atoms with E-state index in [2.05, 4.69) is 14.8 Å². The van der Waals surface area contributed by atoms with Crippen molar-refractivity contribution in [1.29, 1.82) is 0 Å². The molecule has 3 N–H and O–H groups in total. The number of fused-ring (bicyclic) bond motifs is 1. The lowest BCUT2D eigenvalue weighted by molar-refractivity contribution is -0.149. The standard InChI is InChI=1S/C18H26N4O3S/c19-15(24)13-9-26-17(20-13)21-8-5-14-18(10-21,11-23)6-2-7-22(14)16(25)12-3-1-4-12/h9,12,14,23H,1-8,10-11H2,(H2,19,24)/t14-,18-/m1/s1. The van der Waals surface area contributed by atoms with E-state index >= 15 is 0 Å². The van der Waals surface area contributed by atoms with Crippen molar-refractivity contribution >= 4 is 28.3 Å². The van der Waals surface area contributed by atoms with Gasteiger partial charge in [-0.1, -0.05) is 6.42 Å². The predicted molar refractivity (Wildman–Crippen MR) is 99.1 cm³/mol. The Morgan fingerprint density at radius 2 is 2.12 bits per heavy atom. The molecule has 2 amide bonds. The zero-order valence-corrected chi connectivity index (χ0v) is 15.7. The normalized spacial score (nSPS) is 29.2. The van der Waals surface area contributed by atoms with Gasteiger partial charge in [-0.2, -0.15) is 0 Å². The number of anilines is 1. The van der Waals surface area contributed by atoms with Crippen molar-refractivity contribution in [2.75, 3.05) is 31.1 Å². The molecule has 3 heterocycles. The summed E-state index contributed by atoms with van der Waals surface area (Å²) in [5.74, 6) is -0.0358. The largest absolute Gasteiger partial charge is 0.396 e. The molecule has 8 heteroatoms. The topological polar surface area (TPSA) is 99.8 Å². The molecule has 0 radical (unpaired) electrons. The smallest absolute Gasteiger partial charge is 0.268 e. The Labute approximate surface area is 157 Å². The van der Waals surface area contributed by atoms with Gasteiger partial charge in [0.2, 0.25) is 5.91 Å². The van der Waals surface area contributed by atoms with Gasteiger partial charge in [-0.3, -0.25) is 9.59 Å². The minimum Gasteiger partial charge on any atom is -0.396 e. The van der Waals surface area contributed by atoms with E-state index in [4.69, 9.17) is 5.73 Å². The molecule has 1 saturated carbocycles. The van der Waals surface area contributed by atoms with Crippen LogP contribution in [0.5, 0.6) is 0 Å². The molecule has 0 spiro atoms. The van der Waals surface area contributed by atoms with Crippen LogP contribution in [0.2, 0.25) is 0 Å². The lowest BCUT2D eigenvalue weighted by Gasteiger charge is -2.55. The Kier molecular flexibility index (Phi) is 4.64. The van der Waals surface area contributed by atoms with Crippen LogP contribution in [0.25, 0.3) is 0 Å². The number of thiazole rings is 1. The molecular formula is C18H26N4O3S. The van der Waals surface area contributed by atoms with E-state index in [0.29, 0.717) is 6.54 Å². The maximum Gasteiger partial charge on any atom is 0.268 e. The Balaban J connectivity index is 1.54. The number of aliphatic hydroxyl groups is 1. The summed E-state index contributed by atoms with van der Waals surface area (Å²) in [4.78, 5) is 32.8. The third-order valence-corrected chi connectivity index (χ3v) is 7.30. The number of aliphatic hydroxyl groups excluding tert-OH is 1. The van der Waals surface area contributed by atoms with Gasteiger partial charge < -0.3 is 20.6 Å². The van der Waals surface area contributed by atoms with Crippen LogP contribution in [0.4, 0.5) is 5.13 Å². The number of nitrogens with zero attached hydrogens (tertiary/aromatic N) is 3. The molecule has 0 bridgehead atoms. The number of amides is 2. The SMILES string of the molecule is NC(=O)c1csc(N2CC[C@H]3N(C(=O)C4CCC4)CCC[C@]3(CO)C2)n1. The third-order valence-electron chi connectivity index (χ3n) is 6.40. The number of piperidine rings is 2. The zero-order valence-electron chi connectivity index (χ0n) is 14.9. The fourth-order valence-electron chi connectivity index (χ4n) is 4.71. The molecular weight excluding hydrogens is 352 g/mol. The van der Waals surface area contributed by atoms with Crippen molar-refractivity contribution in [2.45, 2.75) is 44.6 Å². The van der Waals surface area contributed by atoms with Crippen molar-refractivity contribution in [3.05, 3.63) is 11.1 Å². The van der Waals surface area contributed by atoms with E-state index in [-0.39, 0.29) is 35.6 Å². The van der Waals surface area contributed by atoms with Crippen LogP contribution in [0.3, 0.4) is 0 Å². The number of aromatic nitrogens is 1. The summed E-state index contributed by atoms with van der Waals surface area (Å²) < 4.78 is 0. The molecule has 1 aromatic rings. The van der Waals surface area contributed by atoms with Crippen LogP contribution in [0, 0.1) is 11.3 Å². The van der Waals surface area contributed by atoms with Crippen LogP contribution in [-0.4, -0.2) is 59.1 Å². The van der Waals surface area contributed by atoms with Crippen LogP contribution < -0.4 is 10.6 Å². The average molecular weight is 378 g/mol. The lowest BCUT2D eigenvalue weighted by Crippen LogP contribution is -2.64. The first kappa shape index (κ1) is 17.7. The summed E-state index contributed by atoms with van der Waals surface area (Å²) >= 11 is 1.41. The third kappa shape index (κ3) is 2.89. The molecule has 2 aliphatic heterocycles. The number of hydrogen-bond donors (Lipinski definition) is 2. The van der Waals surface area contributed by atoms with Crippen molar-refractivity contribution in [3.63, 3.8) is 0 Å². The van der Waals surface area contributed by atoms with E-state index in [1.54, 1.807) is 5.38 Å². The van der Waals surface area contributed by atoms with Gasteiger partial charge in [0, 0.05) is 42.4 Å². The highest BCUT2D eigenvalue weighted by atomic mass is 32.1. The lowest BCUT2D eigenvalue weighted by atomic mass is 9.69. The van der Waals surface area contributed by atoms with Crippen molar-refractivity contribution in [1.82, 2.24) is 9.88 Å². The molecule has 2 atom stereocenters. The van der Waals surface area contributed by atoms with E-state index in [1.807, 2.05) is 0 Å². The summed E-state index contributed by atoms with van der Waals surface area (Å²) in [5.41, 5.74) is 5.29. The van der Waals surface area contributed by atoms with E-state index < -0.39 is 5.91 Å². The highest BCUT2D eigenvalue weighted by Gasteiger charge is 2.50. The van der Waals surface area contributed by atoms with Crippen molar-refractivity contribution < 1.29 is 14.7 Å². The Bertz CT molecular complexity index is 704. The zero-order chi connectivity index (χ0) is 18.3. The quantitative estimate of drug-likeness (QED) is 0.821. The first-order valence-electron chi connectivity index (χ1n) is 9.46. The van der Waals surface area contributed by atoms with Crippen LogP contribution in [-0.2, 0) is 4.79 Å². The summed E-state index contributed by atoms with van der Waals surface area (Å²) in [6, 6.07) is 0.0983. The minimum absolute atomic E-state index is 0.0661. The molecule has 1 aliphatic carbocycles. The number of likely N-dealkylation sites (tertiary alicyclic amines) is 1. The Morgan fingerprint density at radius 3 is 2.73 bits per heavy atom. The number of hydrogen-bond acceptors (Lipinski definition) is 6. The number of rotatable bonds is 4. The molecule has 1 aromatic heterocycles. The summed E-state index contributed by atoms with van der Waals surface area (Å²) in [6.45, 7) is 2.31. The second-order valence-corrected chi connectivity index (χ2v) is 8.73. The highest BCUT2D eigenvalue weighted by molar-refractivity contribution is 7.13. The molecule has 2 saturated heterocycles. The first-order valence-corrected chi connectivity index (χ1v) is 10.3. The first-order chi connectivity index (χ1) is 12.5. The van der Waals surface area contributed by atoms with E-state index in [1.165, 1.54) is 11.3 Å². The van der Waals surface area contributed by atoms with Gasteiger partial charge in [0.05, 0.1) is 6.61 Å². The van der Waals surface area contributed by atoms with Crippen molar-refractivity contribution in [3.8, 4) is 0 Å². The molecule has 0 aromatic carbocycles. The van der Waals surface area contributed by atoms with E-state index in [9.17, 15) is 14.7 Å². The molecule has 4 rings (SSSR count). The summed E-state index contributed by atoms with van der Waals surface area (Å²) in [7, 11) is 0. The maximum atomic E-state index is 12.9. The van der Waals surface area contributed by atoms with Gasteiger partial charge in [0.15, 0.2) is 5.13 Å². The van der Waals surface area contributed by atoms with Crippen LogP contribution in [0.15, 0.2) is 5.38 Å². The number of primary amides is 1. The fourth-order valence-corrected chi connectivity index (χ4v) is 5.55. The Morgan fingerprint density at radius 1 is 1.31 bits per heavy atom. The highest BCUT2D eigenvalue weighted by Crippen LogP contribution is 2.44. The van der Waals surface area contributed by atoms with Gasteiger partial charge in [-0.05, 0) is 32.1 Å². The van der Waals surface area contributed by atoms with Gasteiger partial charge in [0.1, 0.15) is 5.69 Å². The van der Waals surface area contributed by atoms with Gasteiger partial charge in [0.25, 0.3) is 5.91 Å². The molecule has 7 nitrogen and oxygen atoms in total. The van der Waals surface area contributed by atoms with Gasteiger partial charge >= 0.3 is 0 Å². The molecule has 3 aliphatic rings. The van der Waals surface area contributed by atoms with Crippen molar-refractivity contribution in [2.24, 2.45) is 17.1 Å². The second-order valence-electron chi connectivity index (χ2n) is 7.89. The molecule has 0 unspecified atom stereocenters.